The van der Waals surface area contributed by atoms with E-state index in [1.807, 2.05) is 30.3 Å². The number of sulfonamides is 1. The molecule has 0 aliphatic carbocycles. The van der Waals surface area contributed by atoms with E-state index in [0.29, 0.717) is 11.3 Å². The van der Waals surface area contributed by atoms with Crippen LogP contribution in [0.15, 0.2) is 83.8 Å². The van der Waals surface area contributed by atoms with Gasteiger partial charge in [0.25, 0.3) is 15.9 Å². The highest BCUT2D eigenvalue weighted by Gasteiger charge is 2.18. The van der Waals surface area contributed by atoms with Gasteiger partial charge in [0.15, 0.2) is 0 Å². The number of amides is 1. The van der Waals surface area contributed by atoms with Gasteiger partial charge in [0.05, 0.1) is 32.3 Å². The van der Waals surface area contributed by atoms with Crippen LogP contribution in [0.2, 0.25) is 0 Å². The molecule has 0 saturated carbocycles. The lowest BCUT2D eigenvalue weighted by Crippen LogP contribution is -2.16. The van der Waals surface area contributed by atoms with Crippen LogP contribution >= 0.6 is 0 Å². The van der Waals surface area contributed by atoms with E-state index in [2.05, 4.69) is 20.0 Å². The van der Waals surface area contributed by atoms with Crippen LogP contribution in [-0.4, -0.2) is 45.6 Å². The number of methoxy groups -OCH3 is 3. The maximum absolute atomic E-state index is 12.8. The molecule has 3 aromatic carbocycles. The number of nitrogens with one attached hydrogen (secondary N) is 2. The first-order valence-corrected chi connectivity index (χ1v) is 12.5. The van der Waals surface area contributed by atoms with E-state index < -0.39 is 10.0 Å². The van der Waals surface area contributed by atoms with Crippen molar-refractivity contribution in [2.24, 2.45) is 0 Å². The fourth-order valence-electron chi connectivity index (χ4n) is 3.38. The first kappa shape index (κ1) is 25.5. The molecule has 11 heteroatoms. The number of rotatable bonds is 9. The van der Waals surface area contributed by atoms with Gasteiger partial charge in [-0.3, -0.25) is 4.79 Å². The SMILES string of the molecule is COc1ccc(-c2cccc(C(=O)Nc3ccc(S(=O)(=O)Nc4nc(OC)cc(OC)n4)cc3)c2)cc1. The summed E-state index contributed by atoms with van der Waals surface area (Å²) in [7, 11) is 0.375. The van der Waals surface area contributed by atoms with Gasteiger partial charge in [-0.2, -0.15) is 9.97 Å². The van der Waals surface area contributed by atoms with E-state index in [1.54, 1.807) is 25.3 Å². The smallest absolute Gasteiger partial charge is 0.264 e. The van der Waals surface area contributed by atoms with Crippen LogP contribution in [0.1, 0.15) is 10.4 Å². The molecule has 0 saturated heterocycles. The standard InChI is InChI=1S/C26H24N4O6S/c1-34-21-11-7-17(8-12-21)18-5-4-6-19(15-18)25(31)27-20-9-13-22(14-10-20)37(32,33)30-26-28-23(35-2)16-24(29-26)36-3/h4-16H,1-3H3,(H,27,31)(H,28,29,30). The second-order valence-electron chi connectivity index (χ2n) is 7.67. The van der Waals surface area contributed by atoms with E-state index in [1.165, 1.54) is 44.6 Å². The van der Waals surface area contributed by atoms with Crippen molar-refractivity contribution in [1.82, 2.24) is 9.97 Å². The number of carbonyl (C=O) groups is 1. The van der Waals surface area contributed by atoms with E-state index in [4.69, 9.17) is 14.2 Å². The monoisotopic (exact) mass is 520 g/mol. The highest BCUT2D eigenvalue weighted by molar-refractivity contribution is 7.92. The van der Waals surface area contributed by atoms with Gasteiger partial charge in [0.2, 0.25) is 17.7 Å². The molecular weight excluding hydrogens is 496 g/mol. The van der Waals surface area contributed by atoms with E-state index >= 15 is 0 Å². The van der Waals surface area contributed by atoms with Crippen molar-refractivity contribution in [3.05, 3.63) is 84.4 Å². The lowest BCUT2D eigenvalue weighted by molar-refractivity contribution is 0.102. The van der Waals surface area contributed by atoms with Gasteiger partial charge in [0.1, 0.15) is 5.75 Å². The number of hydrogen-bond acceptors (Lipinski definition) is 8. The largest absolute Gasteiger partial charge is 0.497 e. The van der Waals surface area contributed by atoms with Gasteiger partial charge < -0.3 is 19.5 Å². The molecule has 4 aromatic rings. The van der Waals surface area contributed by atoms with Crippen LogP contribution in [0.4, 0.5) is 11.6 Å². The molecule has 0 atom stereocenters. The second-order valence-corrected chi connectivity index (χ2v) is 9.35. The van der Waals surface area contributed by atoms with Gasteiger partial charge in [-0.15, -0.1) is 0 Å². The summed E-state index contributed by atoms with van der Waals surface area (Å²) in [6.07, 6.45) is 0. The van der Waals surface area contributed by atoms with Crippen molar-refractivity contribution in [2.45, 2.75) is 4.90 Å². The fraction of sp³-hybridized carbons (Fsp3) is 0.115. The Morgan fingerprint density at radius 1 is 0.757 bits per heavy atom. The Morgan fingerprint density at radius 2 is 1.41 bits per heavy atom. The third kappa shape index (κ3) is 6.14. The molecule has 2 N–H and O–H groups in total. The molecule has 1 aromatic heterocycles. The number of hydrogen-bond donors (Lipinski definition) is 2. The van der Waals surface area contributed by atoms with E-state index in [0.717, 1.165) is 16.9 Å². The molecule has 0 bridgehead atoms. The number of carbonyl (C=O) groups excluding carboxylic acids is 1. The summed E-state index contributed by atoms with van der Waals surface area (Å²) < 4.78 is 43.2. The molecule has 0 spiro atoms. The molecule has 0 unspecified atom stereocenters. The normalized spacial score (nSPS) is 10.9. The lowest BCUT2D eigenvalue weighted by Gasteiger charge is -2.11. The summed E-state index contributed by atoms with van der Waals surface area (Å²) in [6, 6.07) is 21.8. The molecule has 1 amide bonds. The average molecular weight is 521 g/mol. The minimum Gasteiger partial charge on any atom is -0.497 e. The van der Waals surface area contributed by atoms with Crippen molar-refractivity contribution >= 4 is 27.6 Å². The summed E-state index contributed by atoms with van der Waals surface area (Å²) in [6.45, 7) is 0. The molecule has 10 nitrogen and oxygen atoms in total. The Bertz CT molecular complexity index is 1490. The quantitative estimate of drug-likeness (QED) is 0.336. The molecule has 1 heterocycles. The van der Waals surface area contributed by atoms with Crippen molar-refractivity contribution in [3.8, 4) is 28.6 Å². The average Bonchev–Trinajstić information content (AvgIpc) is 2.93. The topological polar surface area (TPSA) is 129 Å². The Morgan fingerprint density at radius 3 is 2.00 bits per heavy atom. The zero-order valence-electron chi connectivity index (χ0n) is 20.3. The summed E-state index contributed by atoms with van der Waals surface area (Å²) in [5.74, 6) is 0.484. The van der Waals surface area contributed by atoms with Crippen LogP contribution in [0, 0.1) is 0 Å². The summed E-state index contributed by atoms with van der Waals surface area (Å²) in [4.78, 5) is 20.7. The van der Waals surface area contributed by atoms with Gasteiger partial charge >= 0.3 is 0 Å². The molecule has 4 rings (SSSR count). The van der Waals surface area contributed by atoms with Crippen LogP contribution in [0.3, 0.4) is 0 Å². The molecule has 0 radical (unpaired) electrons. The third-order valence-corrected chi connectivity index (χ3v) is 6.64. The Labute approximate surface area is 214 Å². The van der Waals surface area contributed by atoms with Gasteiger partial charge in [-0.1, -0.05) is 24.3 Å². The fourth-order valence-corrected chi connectivity index (χ4v) is 4.33. The van der Waals surface area contributed by atoms with Gasteiger partial charge in [0, 0.05) is 11.3 Å². The maximum Gasteiger partial charge on any atom is 0.264 e. The first-order valence-electron chi connectivity index (χ1n) is 11.0. The van der Waals surface area contributed by atoms with Gasteiger partial charge in [-0.25, -0.2) is 13.1 Å². The molecule has 0 aliphatic heterocycles. The zero-order chi connectivity index (χ0) is 26.4. The first-order chi connectivity index (χ1) is 17.8. The van der Waals surface area contributed by atoms with Crippen LogP contribution < -0.4 is 24.2 Å². The third-order valence-electron chi connectivity index (χ3n) is 5.29. The highest BCUT2D eigenvalue weighted by Crippen LogP contribution is 2.24. The molecule has 190 valence electrons. The summed E-state index contributed by atoms with van der Waals surface area (Å²) in [5.41, 5.74) is 2.70. The predicted octanol–water partition coefficient (Wildman–Crippen LogP) is 4.22. The Kier molecular flexibility index (Phi) is 7.54. The minimum atomic E-state index is -4.01. The molecular formula is C26H24N4O6S. The number of aromatic nitrogens is 2. The minimum absolute atomic E-state index is 0.0441. The number of ether oxygens (including phenoxy) is 3. The van der Waals surface area contributed by atoms with E-state index in [-0.39, 0.29) is 28.5 Å². The Balaban J connectivity index is 1.47. The second kappa shape index (κ2) is 11.0. The summed E-state index contributed by atoms with van der Waals surface area (Å²) in [5, 5.41) is 2.78. The zero-order valence-corrected chi connectivity index (χ0v) is 21.1. The van der Waals surface area contributed by atoms with Crippen molar-refractivity contribution in [2.75, 3.05) is 31.4 Å². The highest BCUT2D eigenvalue weighted by atomic mass is 32.2. The molecule has 0 fully saturated rings. The maximum atomic E-state index is 12.8. The van der Waals surface area contributed by atoms with Crippen molar-refractivity contribution in [3.63, 3.8) is 0 Å². The lowest BCUT2D eigenvalue weighted by atomic mass is 10.0. The predicted molar refractivity (Wildman–Crippen MR) is 139 cm³/mol. The summed E-state index contributed by atoms with van der Waals surface area (Å²) >= 11 is 0. The van der Waals surface area contributed by atoms with Crippen LogP contribution in [-0.2, 0) is 10.0 Å². The van der Waals surface area contributed by atoms with E-state index in [9.17, 15) is 13.2 Å². The Hall–Kier alpha value is -4.64. The molecule has 0 aliphatic rings. The number of benzene rings is 3. The number of nitrogens with zero attached hydrogens (tertiary/aromatic N) is 2. The van der Waals surface area contributed by atoms with Gasteiger partial charge in [-0.05, 0) is 59.7 Å². The molecule has 37 heavy (non-hydrogen) atoms. The van der Waals surface area contributed by atoms with Crippen LogP contribution in [0.5, 0.6) is 17.5 Å². The van der Waals surface area contributed by atoms with Crippen LogP contribution in [0.25, 0.3) is 11.1 Å². The number of anilines is 2. The van der Waals surface area contributed by atoms with Crippen molar-refractivity contribution < 1.29 is 27.4 Å². The van der Waals surface area contributed by atoms with Crippen molar-refractivity contribution in [1.29, 1.82) is 0 Å².